The van der Waals surface area contributed by atoms with Crippen LogP contribution >= 0.6 is 0 Å². The number of β-amino-alcohol motifs (C(OH)–C–C–N with tert-alkyl or cyclic N) is 1. The maximum absolute atomic E-state index is 11.9. The SMILES string of the molecule is C[C@H](O)CN1CCN(CCOCC(F)(F)F)C[C@@H]1C. The number of rotatable bonds is 6. The standard InChI is InChI=1S/C12H23F3N2O2/c1-10-7-16(3-4-17(10)8-11(2)18)5-6-19-9-12(13,14)15/h10-11,18H,3-9H2,1-2H3/t10-,11-/m0/s1. The Morgan fingerprint density at radius 3 is 2.58 bits per heavy atom. The molecule has 1 N–H and O–H groups in total. The molecule has 0 saturated carbocycles. The fourth-order valence-electron chi connectivity index (χ4n) is 2.27. The Morgan fingerprint density at radius 2 is 2.05 bits per heavy atom. The molecule has 1 aliphatic heterocycles. The van der Waals surface area contributed by atoms with E-state index in [1.54, 1.807) is 6.92 Å². The van der Waals surface area contributed by atoms with E-state index in [-0.39, 0.29) is 12.7 Å². The second kappa shape index (κ2) is 7.42. The van der Waals surface area contributed by atoms with Crippen LogP contribution in [0.5, 0.6) is 0 Å². The summed E-state index contributed by atoms with van der Waals surface area (Å²) in [7, 11) is 0. The highest BCUT2D eigenvalue weighted by Gasteiger charge is 2.28. The number of aliphatic hydroxyl groups excluding tert-OH is 1. The number of aliphatic hydroxyl groups is 1. The molecule has 1 fully saturated rings. The van der Waals surface area contributed by atoms with Crippen LogP contribution < -0.4 is 0 Å². The lowest BCUT2D eigenvalue weighted by Crippen LogP contribution is -2.54. The van der Waals surface area contributed by atoms with Crippen LogP contribution in [0.2, 0.25) is 0 Å². The van der Waals surface area contributed by atoms with Crippen LogP contribution in [-0.2, 0) is 4.74 Å². The van der Waals surface area contributed by atoms with Gasteiger partial charge in [-0.15, -0.1) is 0 Å². The highest BCUT2D eigenvalue weighted by Crippen LogP contribution is 2.14. The molecule has 1 saturated heterocycles. The Balaban J connectivity index is 2.18. The molecule has 1 heterocycles. The third-order valence-corrected chi connectivity index (χ3v) is 3.17. The van der Waals surface area contributed by atoms with Crippen molar-refractivity contribution >= 4 is 0 Å². The van der Waals surface area contributed by atoms with Crippen molar-refractivity contribution in [3.05, 3.63) is 0 Å². The molecule has 7 heteroatoms. The van der Waals surface area contributed by atoms with E-state index in [4.69, 9.17) is 0 Å². The van der Waals surface area contributed by atoms with Gasteiger partial charge in [-0.2, -0.15) is 13.2 Å². The van der Waals surface area contributed by atoms with Gasteiger partial charge in [-0.3, -0.25) is 9.80 Å². The Kier molecular flexibility index (Phi) is 6.52. The normalized spacial score (nSPS) is 24.6. The van der Waals surface area contributed by atoms with Crippen molar-refractivity contribution in [2.45, 2.75) is 32.2 Å². The second-order valence-corrected chi connectivity index (χ2v) is 5.16. The van der Waals surface area contributed by atoms with Crippen LogP contribution in [0, 0.1) is 0 Å². The largest absolute Gasteiger partial charge is 0.411 e. The summed E-state index contributed by atoms with van der Waals surface area (Å²) in [6.45, 7) is 6.31. The number of hydrogen-bond donors (Lipinski definition) is 1. The first kappa shape index (κ1) is 16.7. The van der Waals surface area contributed by atoms with Crippen LogP contribution in [0.15, 0.2) is 0 Å². The molecule has 1 aliphatic rings. The first-order chi connectivity index (χ1) is 8.78. The number of ether oxygens (including phenoxy) is 1. The van der Waals surface area contributed by atoms with Crippen LogP contribution in [0.3, 0.4) is 0 Å². The lowest BCUT2D eigenvalue weighted by Gasteiger charge is -2.40. The maximum Gasteiger partial charge on any atom is 0.411 e. The van der Waals surface area contributed by atoms with Crippen molar-refractivity contribution in [3.8, 4) is 0 Å². The van der Waals surface area contributed by atoms with Crippen LogP contribution in [0.25, 0.3) is 0 Å². The van der Waals surface area contributed by atoms with Crippen LogP contribution in [0.4, 0.5) is 13.2 Å². The van der Waals surface area contributed by atoms with Gasteiger partial charge in [-0.25, -0.2) is 0 Å². The van der Waals surface area contributed by atoms with E-state index in [9.17, 15) is 18.3 Å². The van der Waals surface area contributed by atoms with Gasteiger partial charge in [-0.05, 0) is 13.8 Å². The molecule has 0 aromatic heterocycles. The van der Waals surface area contributed by atoms with Crippen molar-refractivity contribution in [1.82, 2.24) is 9.80 Å². The van der Waals surface area contributed by atoms with E-state index in [2.05, 4.69) is 21.5 Å². The number of halogens is 3. The van der Waals surface area contributed by atoms with E-state index >= 15 is 0 Å². The molecular weight excluding hydrogens is 261 g/mol. The van der Waals surface area contributed by atoms with E-state index in [1.807, 2.05) is 0 Å². The Hall–Kier alpha value is -0.370. The highest BCUT2D eigenvalue weighted by molar-refractivity contribution is 4.79. The van der Waals surface area contributed by atoms with Gasteiger partial charge in [-0.1, -0.05) is 0 Å². The molecule has 114 valence electrons. The minimum Gasteiger partial charge on any atom is -0.392 e. The molecule has 0 aromatic rings. The average molecular weight is 284 g/mol. The number of hydrogen-bond acceptors (Lipinski definition) is 4. The lowest BCUT2D eigenvalue weighted by atomic mass is 10.1. The summed E-state index contributed by atoms with van der Waals surface area (Å²) < 4.78 is 40.3. The predicted octanol–water partition coefficient (Wildman–Crippen LogP) is 0.952. The lowest BCUT2D eigenvalue weighted by molar-refractivity contribution is -0.174. The zero-order chi connectivity index (χ0) is 14.5. The molecule has 0 unspecified atom stereocenters. The summed E-state index contributed by atoms with van der Waals surface area (Å²) in [6.07, 6.45) is -4.60. The molecule has 0 spiro atoms. The Morgan fingerprint density at radius 1 is 1.37 bits per heavy atom. The summed E-state index contributed by atoms with van der Waals surface area (Å²) in [5.74, 6) is 0. The van der Waals surface area contributed by atoms with Crippen molar-refractivity contribution in [3.63, 3.8) is 0 Å². The average Bonchev–Trinajstić information content (AvgIpc) is 2.26. The van der Waals surface area contributed by atoms with Gasteiger partial charge >= 0.3 is 6.18 Å². The first-order valence-electron chi connectivity index (χ1n) is 6.57. The third-order valence-electron chi connectivity index (χ3n) is 3.17. The van der Waals surface area contributed by atoms with E-state index in [1.165, 1.54) is 0 Å². The van der Waals surface area contributed by atoms with E-state index in [0.29, 0.717) is 19.1 Å². The molecule has 0 amide bonds. The number of piperazine rings is 1. The molecule has 1 rings (SSSR count). The van der Waals surface area contributed by atoms with Crippen LogP contribution in [0.1, 0.15) is 13.8 Å². The van der Waals surface area contributed by atoms with Gasteiger partial charge in [0, 0.05) is 38.8 Å². The summed E-state index contributed by atoms with van der Waals surface area (Å²) in [6, 6.07) is 0.297. The molecule has 0 aliphatic carbocycles. The zero-order valence-corrected chi connectivity index (χ0v) is 11.5. The van der Waals surface area contributed by atoms with Crippen molar-refractivity contribution in [1.29, 1.82) is 0 Å². The van der Waals surface area contributed by atoms with Gasteiger partial charge in [0.25, 0.3) is 0 Å². The topological polar surface area (TPSA) is 35.9 Å². The summed E-state index contributed by atoms with van der Waals surface area (Å²) in [5.41, 5.74) is 0. The molecule has 0 bridgehead atoms. The third kappa shape index (κ3) is 7.10. The van der Waals surface area contributed by atoms with Crippen LogP contribution in [-0.4, -0.2) is 79.2 Å². The molecule has 4 nitrogen and oxygen atoms in total. The predicted molar refractivity (Wildman–Crippen MR) is 66.0 cm³/mol. The quantitative estimate of drug-likeness (QED) is 0.737. The molecular formula is C12H23F3N2O2. The smallest absolute Gasteiger partial charge is 0.392 e. The summed E-state index contributed by atoms with van der Waals surface area (Å²) in [5, 5.41) is 9.36. The number of alkyl halides is 3. The first-order valence-corrected chi connectivity index (χ1v) is 6.57. The summed E-state index contributed by atoms with van der Waals surface area (Å²) >= 11 is 0. The van der Waals surface area contributed by atoms with E-state index < -0.39 is 12.8 Å². The van der Waals surface area contributed by atoms with Gasteiger partial charge in [0.2, 0.25) is 0 Å². The van der Waals surface area contributed by atoms with Gasteiger partial charge in [0.15, 0.2) is 0 Å². The minimum absolute atomic E-state index is 0.0998. The van der Waals surface area contributed by atoms with Gasteiger partial charge in [0.05, 0.1) is 12.7 Å². The number of nitrogens with zero attached hydrogens (tertiary/aromatic N) is 2. The molecule has 19 heavy (non-hydrogen) atoms. The fraction of sp³-hybridized carbons (Fsp3) is 1.00. The van der Waals surface area contributed by atoms with Gasteiger partial charge in [0.1, 0.15) is 6.61 Å². The van der Waals surface area contributed by atoms with E-state index in [0.717, 1.165) is 19.6 Å². The Labute approximate surface area is 112 Å². The van der Waals surface area contributed by atoms with Crippen molar-refractivity contribution in [2.24, 2.45) is 0 Å². The van der Waals surface area contributed by atoms with Crippen molar-refractivity contribution in [2.75, 3.05) is 45.9 Å². The highest BCUT2D eigenvalue weighted by atomic mass is 19.4. The monoisotopic (exact) mass is 284 g/mol. The summed E-state index contributed by atoms with van der Waals surface area (Å²) in [4.78, 5) is 4.29. The molecule has 0 aromatic carbocycles. The molecule has 0 radical (unpaired) electrons. The van der Waals surface area contributed by atoms with Crippen molar-refractivity contribution < 1.29 is 23.0 Å². The zero-order valence-electron chi connectivity index (χ0n) is 11.5. The van der Waals surface area contributed by atoms with Gasteiger partial charge < -0.3 is 9.84 Å². The fourth-order valence-corrected chi connectivity index (χ4v) is 2.27. The second-order valence-electron chi connectivity index (χ2n) is 5.16. The minimum atomic E-state index is -4.25. The molecule has 2 atom stereocenters. The maximum atomic E-state index is 11.9. The Bertz CT molecular complexity index is 262.